The van der Waals surface area contributed by atoms with E-state index >= 15 is 0 Å². The lowest BCUT2D eigenvalue weighted by Gasteiger charge is -2.31. The van der Waals surface area contributed by atoms with Gasteiger partial charge in [-0.3, -0.25) is 19.8 Å². The van der Waals surface area contributed by atoms with E-state index in [0.29, 0.717) is 12.2 Å². The van der Waals surface area contributed by atoms with E-state index in [1.807, 2.05) is 25.1 Å². The van der Waals surface area contributed by atoms with Gasteiger partial charge in [0.15, 0.2) is 0 Å². The first-order valence-corrected chi connectivity index (χ1v) is 8.58. The number of nitro benzene ring substituents is 1. The van der Waals surface area contributed by atoms with Crippen LogP contribution in [0.5, 0.6) is 0 Å². The van der Waals surface area contributed by atoms with Gasteiger partial charge in [-0.1, -0.05) is 42.5 Å². The van der Waals surface area contributed by atoms with Gasteiger partial charge < -0.3 is 5.32 Å². The number of anilines is 1. The van der Waals surface area contributed by atoms with Crippen molar-refractivity contribution >= 4 is 22.9 Å². The molecule has 1 aliphatic rings. The molecule has 2 aromatic rings. The second kappa shape index (κ2) is 7.93. The van der Waals surface area contributed by atoms with Crippen LogP contribution in [0.1, 0.15) is 18.9 Å². The number of amides is 1. The third-order valence-corrected chi connectivity index (χ3v) is 4.64. The van der Waals surface area contributed by atoms with Crippen LogP contribution in [0.15, 0.2) is 60.7 Å². The van der Waals surface area contributed by atoms with Crippen molar-refractivity contribution in [3.8, 4) is 0 Å². The molecule has 6 heteroatoms. The summed E-state index contributed by atoms with van der Waals surface area (Å²) in [6.45, 7) is 3.35. The Kier molecular flexibility index (Phi) is 5.43. The summed E-state index contributed by atoms with van der Waals surface area (Å²) in [6.07, 6.45) is 3.05. The Balaban J connectivity index is 1.62. The number of nitrogens with zero attached hydrogens (tertiary/aromatic N) is 2. The zero-order valence-electron chi connectivity index (χ0n) is 14.6. The van der Waals surface area contributed by atoms with E-state index < -0.39 is 4.92 Å². The quantitative estimate of drug-likeness (QED) is 0.658. The predicted molar refractivity (Wildman–Crippen MR) is 102 cm³/mol. The van der Waals surface area contributed by atoms with Gasteiger partial charge in [0.2, 0.25) is 5.91 Å². The molecule has 134 valence electrons. The van der Waals surface area contributed by atoms with Gasteiger partial charge in [-0.25, -0.2) is 0 Å². The summed E-state index contributed by atoms with van der Waals surface area (Å²) in [5.74, 6) is -0.165. The number of benzene rings is 2. The van der Waals surface area contributed by atoms with Crippen LogP contribution in [0.4, 0.5) is 11.4 Å². The summed E-state index contributed by atoms with van der Waals surface area (Å²) in [4.78, 5) is 25.0. The summed E-state index contributed by atoms with van der Waals surface area (Å²) in [6, 6.07) is 15.9. The SMILES string of the molecule is CC(C(=O)Nc1cccc([N+](=O)[O-])c1)N1CC=C(c2ccccc2)CC1. The Morgan fingerprint density at radius 3 is 2.62 bits per heavy atom. The molecule has 0 saturated heterocycles. The van der Waals surface area contributed by atoms with Crippen molar-refractivity contribution in [1.82, 2.24) is 4.90 Å². The molecular formula is C20H21N3O3. The van der Waals surface area contributed by atoms with Crippen LogP contribution in [-0.2, 0) is 4.79 Å². The number of non-ortho nitro benzene ring substituents is 1. The summed E-state index contributed by atoms with van der Waals surface area (Å²) < 4.78 is 0. The fourth-order valence-corrected chi connectivity index (χ4v) is 3.06. The molecule has 0 radical (unpaired) electrons. The average molecular weight is 351 g/mol. The van der Waals surface area contributed by atoms with Crippen molar-refractivity contribution in [2.45, 2.75) is 19.4 Å². The van der Waals surface area contributed by atoms with Gasteiger partial charge in [-0.05, 0) is 30.5 Å². The van der Waals surface area contributed by atoms with Crippen molar-refractivity contribution in [2.24, 2.45) is 0 Å². The zero-order valence-corrected chi connectivity index (χ0v) is 14.6. The fraction of sp³-hybridized carbons (Fsp3) is 0.250. The minimum Gasteiger partial charge on any atom is -0.324 e. The summed E-state index contributed by atoms with van der Waals surface area (Å²) in [7, 11) is 0. The number of nitro groups is 1. The highest BCUT2D eigenvalue weighted by atomic mass is 16.6. The van der Waals surface area contributed by atoms with Crippen LogP contribution >= 0.6 is 0 Å². The molecule has 0 fully saturated rings. The molecule has 0 bridgehead atoms. The van der Waals surface area contributed by atoms with Gasteiger partial charge in [0.1, 0.15) is 0 Å². The summed E-state index contributed by atoms with van der Waals surface area (Å²) in [5, 5.41) is 13.6. The molecule has 1 atom stereocenters. The molecule has 1 amide bonds. The van der Waals surface area contributed by atoms with Gasteiger partial charge in [-0.15, -0.1) is 0 Å². The van der Waals surface area contributed by atoms with E-state index in [4.69, 9.17) is 0 Å². The van der Waals surface area contributed by atoms with Gasteiger partial charge in [0.25, 0.3) is 5.69 Å². The van der Waals surface area contributed by atoms with Crippen molar-refractivity contribution in [2.75, 3.05) is 18.4 Å². The minimum atomic E-state index is -0.473. The van der Waals surface area contributed by atoms with Crippen LogP contribution in [0.25, 0.3) is 5.57 Å². The maximum atomic E-state index is 12.5. The Labute approximate surface area is 152 Å². The standard InChI is InChI=1S/C20H21N3O3/c1-15(20(24)21-18-8-5-9-19(14-18)23(25)26)22-12-10-17(11-13-22)16-6-3-2-4-7-16/h2-10,14-15H,11-13H2,1H3,(H,21,24). The third kappa shape index (κ3) is 4.15. The largest absolute Gasteiger partial charge is 0.324 e. The highest BCUT2D eigenvalue weighted by molar-refractivity contribution is 5.94. The zero-order chi connectivity index (χ0) is 18.5. The second-order valence-corrected chi connectivity index (χ2v) is 6.31. The molecule has 2 aromatic carbocycles. The molecule has 0 aliphatic carbocycles. The first-order valence-electron chi connectivity index (χ1n) is 8.58. The molecule has 1 unspecified atom stereocenters. The Morgan fingerprint density at radius 1 is 1.19 bits per heavy atom. The molecule has 6 nitrogen and oxygen atoms in total. The van der Waals surface area contributed by atoms with Crippen LogP contribution < -0.4 is 5.32 Å². The van der Waals surface area contributed by atoms with Crippen LogP contribution in [0.2, 0.25) is 0 Å². The van der Waals surface area contributed by atoms with E-state index in [9.17, 15) is 14.9 Å². The maximum absolute atomic E-state index is 12.5. The molecule has 0 aromatic heterocycles. The molecule has 0 spiro atoms. The van der Waals surface area contributed by atoms with Crippen LogP contribution in [0.3, 0.4) is 0 Å². The number of carbonyl (C=O) groups is 1. The predicted octanol–water partition coefficient (Wildman–Crippen LogP) is 3.71. The molecule has 3 rings (SSSR count). The first kappa shape index (κ1) is 17.8. The Bertz CT molecular complexity index is 833. The van der Waals surface area contributed by atoms with Crippen molar-refractivity contribution in [3.05, 3.63) is 76.4 Å². The van der Waals surface area contributed by atoms with E-state index in [1.165, 1.54) is 23.3 Å². The van der Waals surface area contributed by atoms with Gasteiger partial charge in [0.05, 0.1) is 11.0 Å². The highest BCUT2D eigenvalue weighted by Gasteiger charge is 2.23. The lowest BCUT2D eigenvalue weighted by Crippen LogP contribution is -2.44. The molecule has 1 N–H and O–H groups in total. The second-order valence-electron chi connectivity index (χ2n) is 6.31. The van der Waals surface area contributed by atoms with Crippen LogP contribution in [-0.4, -0.2) is 34.9 Å². The summed E-state index contributed by atoms with van der Waals surface area (Å²) >= 11 is 0. The number of hydrogen-bond acceptors (Lipinski definition) is 4. The Morgan fingerprint density at radius 2 is 1.96 bits per heavy atom. The van der Waals surface area contributed by atoms with E-state index in [2.05, 4.69) is 28.4 Å². The lowest BCUT2D eigenvalue weighted by molar-refractivity contribution is -0.384. The normalized spacial score (nSPS) is 15.8. The minimum absolute atomic E-state index is 0.0381. The van der Waals surface area contributed by atoms with Crippen molar-refractivity contribution in [3.63, 3.8) is 0 Å². The van der Waals surface area contributed by atoms with Gasteiger partial charge in [-0.2, -0.15) is 0 Å². The van der Waals surface area contributed by atoms with Crippen molar-refractivity contribution < 1.29 is 9.72 Å². The average Bonchev–Trinajstić information content (AvgIpc) is 2.68. The number of rotatable bonds is 5. The topological polar surface area (TPSA) is 75.5 Å². The molecule has 1 aliphatic heterocycles. The summed E-state index contributed by atoms with van der Waals surface area (Å²) in [5.41, 5.74) is 2.92. The fourth-order valence-electron chi connectivity index (χ4n) is 3.06. The highest BCUT2D eigenvalue weighted by Crippen LogP contribution is 2.23. The Hall–Kier alpha value is -2.99. The molecule has 26 heavy (non-hydrogen) atoms. The van der Waals surface area contributed by atoms with Crippen LogP contribution in [0, 0.1) is 10.1 Å². The molecular weight excluding hydrogens is 330 g/mol. The number of carbonyl (C=O) groups excluding carboxylic acids is 1. The van der Waals surface area contributed by atoms with E-state index in [-0.39, 0.29) is 17.6 Å². The van der Waals surface area contributed by atoms with E-state index in [1.54, 1.807) is 12.1 Å². The van der Waals surface area contributed by atoms with E-state index in [0.717, 1.165) is 13.0 Å². The maximum Gasteiger partial charge on any atom is 0.271 e. The third-order valence-electron chi connectivity index (χ3n) is 4.64. The first-order chi connectivity index (χ1) is 12.5. The van der Waals surface area contributed by atoms with Crippen molar-refractivity contribution in [1.29, 1.82) is 0 Å². The van der Waals surface area contributed by atoms with Gasteiger partial charge >= 0.3 is 0 Å². The number of nitrogens with one attached hydrogen (secondary N) is 1. The molecule has 1 heterocycles. The molecule has 0 saturated carbocycles. The monoisotopic (exact) mass is 351 g/mol. The van der Waals surface area contributed by atoms with Gasteiger partial charge in [0, 0.05) is 30.9 Å². The lowest BCUT2D eigenvalue weighted by atomic mass is 9.99. The smallest absolute Gasteiger partial charge is 0.271 e. The number of hydrogen-bond donors (Lipinski definition) is 1.